The van der Waals surface area contributed by atoms with Crippen LogP contribution in [-0.2, 0) is 11.3 Å². The Morgan fingerprint density at radius 2 is 2.24 bits per heavy atom. The summed E-state index contributed by atoms with van der Waals surface area (Å²) in [6.07, 6.45) is 2.06. The summed E-state index contributed by atoms with van der Waals surface area (Å²) in [6, 6.07) is 10.5. The molecule has 134 valence electrons. The second kappa shape index (κ2) is 9.01. The zero-order valence-electron chi connectivity index (χ0n) is 14.6. The molecule has 0 bridgehead atoms. The average Bonchev–Trinajstić information content (AvgIpc) is 3.05. The molecule has 0 aliphatic carbocycles. The molecular weight excluding hydrogens is 334 g/mol. The topological polar surface area (TPSA) is 73.9 Å². The van der Waals surface area contributed by atoms with E-state index in [4.69, 9.17) is 0 Å². The van der Waals surface area contributed by atoms with Gasteiger partial charge in [0.25, 0.3) is 0 Å². The quantitative estimate of drug-likeness (QED) is 0.586. The molecule has 2 heterocycles. The van der Waals surface area contributed by atoms with Gasteiger partial charge in [0.15, 0.2) is 0 Å². The van der Waals surface area contributed by atoms with Crippen LogP contribution >= 0.6 is 11.8 Å². The summed E-state index contributed by atoms with van der Waals surface area (Å²) >= 11 is 1.55. The van der Waals surface area contributed by atoms with Crippen LogP contribution in [0.3, 0.4) is 0 Å². The van der Waals surface area contributed by atoms with E-state index in [0.717, 1.165) is 49.2 Å². The van der Waals surface area contributed by atoms with Gasteiger partial charge in [0.05, 0.1) is 5.92 Å². The minimum Gasteiger partial charge on any atom is -0.355 e. The van der Waals surface area contributed by atoms with Gasteiger partial charge in [-0.2, -0.15) is 0 Å². The zero-order valence-corrected chi connectivity index (χ0v) is 15.4. The molecule has 1 aliphatic heterocycles. The van der Waals surface area contributed by atoms with Gasteiger partial charge >= 0.3 is 0 Å². The molecule has 1 amide bonds. The van der Waals surface area contributed by atoms with Crippen LogP contribution in [0, 0.1) is 12.8 Å². The SMILES string of the molecule is Cc1nc(SCCNC(=O)[C@@H]2CCCN(Cc3ccccc3)C2)n[nH]1. The fraction of sp³-hybridized carbons (Fsp3) is 0.500. The predicted octanol–water partition coefficient (Wildman–Crippen LogP) is 2.23. The normalized spacial score (nSPS) is 18.2. The lowest BCUT2D eigenvalue weighted by Crippen LogP contribution is -2.43. The third-order valence-corrected chi connectivity index (χ3v) is 5.18. The Labute approximate surface area is 152 Å². The highest BCUT2D eigenvalue weighted by Gasteiger charge is 2.25. The summed E-state index contributed by atoms with van der Waals surface area (Å²) in [5.74, 6) is 1.86. The molecule has 0 spiro atoms. The number of benzene rings is 1. The van der Waals surface area contributed by atoms with Crippen molar-refractivity contribution < 1.29 is 4.79 Å². The number of aromatic amines is 1. The van der Waals surface area contributed by atoms with Crippen molar-refractivity contribution in [1.82, 2.24) is 25.4 Å². The van der Waals surface area contributed by atoms with E-state index in [2.05, 4.69) is 49.7 Å². The number of carbonyl (C=O) groups is 1. The molecule has 3 rings (SSSR count). The Bertz CT molecular complexity index is 675. The Morgan fingerprint density at radius 1 is 1.40 bits per heavy atom. The van der Waals surface area contributed by atoms with Crippen molar-refractivity contribution in [3.05, 3.63) is 41.7 Å². The fourth-order valence-electron chi connectivity index (χ4n) is 3.10. The van der Waals surface area contributed by atoms with E-state index in [1.807, 2.05) is 13.0 Å². The van der Waals surface area contributed by atoms with Crippen molar-refractivity contribution in [1.29, 1.82) is 0 Å². The molecule has 0 unspecified atom stereocenters. The molecule has 7 heteroatoms. The number of aromatic nitrogens is 3. The van der Waals surface area contributed by atoms with E-state index < -0.39 is 0 Å². The van der Waals surface area contributed by atoms with Gasteiger partial charge in [-0.25, -0.2) is 4.98 Å². The van der Waals surface area contributed by atoms with E-state index in [9.17, 15) is 4.79 Å². The minimum absolute atomic E-state index is 0.0909. The van der Waals surface area contributed by atoms with Crippen LogP contribution in [-0.4, -0.2) is 51.4 Å². The van der Waals surface area contributed by atoms with Crippen molar-refractivity contribution >= 4 is 17.7 Å². The number of nitrogens with zero attached hydrogens (tertiary/aromatic N) is 3. The van der Waals surface area contributed by atoms with Crippen LogP contribution in [0.1, 0.15) is 24.2 Å². The first-order valence-electron chi connectivity index (χ1n) is 8.76. The van der Waals surface area contributed by atoms with E-state index >= 15 is 0 Å². The summed E-state index contributed by atoms with van der Waals surface area (Å²) < 4.78 is 0. The Hall–Kier alpha value is -1.86. The van der Waals surface area contributed by atoms with Crippen LogP contribution in [0.15, 0.2) is 35.5 Å². The molecule has 2 aromatic rings. The Kier molecular flexibility index (Phi) is 6.47. The largest absolute Gasteiger partial charge is 0.355 e. The summed E-state index contributed by atoms with van der Waals surface area (Å²) in [4.78, 5) is 19.1. The molecule has 25 heavy (non-hydrogen) atoms. The average molecular weight is 359 g/mol. The van der Waals surface area contributed by atoms with Crippen molar-refractivity contribution in [2.24, 2.45) is 5.92 Å². The van der Waals surface area contributed by atoms with Gasteiger partial charge in [-0.05, 0) is 31.9 Å². The van der Waals surface area contributed by atoms with Crippen molar-refractivity contribution in [2.75, 3.05) is 25.4 Å². The molecule has 0 radical (unpaired) electrons. The molecular formula is C18H25N5OS. The summed E-state index contributed by atoms with van der Waals surface area (Å²) in [5, 5.41) is 10.7. The summed E-state index contributed by atoms with van der Waals surface area (Å²) in [7, 11) is 0. The first kappa shape index (κ1) is 17.9. The van der Waals surface area contributed by atoms with Crippen molar-refractivity contribution in [3.63, 3.8) is 0 Å². The third-order valence-electron chi connectivity index (χ3n) is 4.33. The second-order valence-electron chi connectivity index (χ2n) is 6.40. The summed E-state index contributed by atoms with van der Waals surface area (Å²) in [5.41, 5.74) is 1.31. The third kappa shape index (κ3) is 5.57. The van der Waals surface area contributed by atoms with E-state index in [1.165, 1.54) is 5.56 Å². The van der Waals surface area contributed by atoms with Crippen LogP contribution in [0.2, 0.25) is 0 Å². The van der Waals surface area contributed by atoms with Crippen molar-refractivity contribution in [2.45, 2.75) is 31.5 Å². The molecule has 1 aromatic carbocycles. The van der Waals surface area contributed by atoms with Gasteiger partial charge < -0.3 is 5.32 Å². The highest BCUT2D eigenvalue weighted by atomic mass is 32.2. The first-order chi connectivity index (χ1) is 12.2. The Balaban J connectivity index is 1.39. The number of nitrogens with one attached hydrogen (secondary N) is 2. The van der Waals surface area contributed by atoms with E-state index in [0.29, 0.717) is 6.54 Å². The number of thioether (sulfide) groups is 1. The Morgan fingerprint density at radius 3 is 3.00 bits per heavy atom. The maximum atomic E-state index is 12.4. The van der Waals surface area contributed by atoms with E-state index in [-0.39, 0.29) is 11.8 Å². The van der Waals surface area contributed by atoms with Gasteiger partial charge in [0.2, 0.25) is 11.1 Å². The van der Waals surface area contributed by atoms with Gasteiger partial charge in [0, 0.05) is 25.4 Å². The van der Waals surface area contributed by atoms with Crippen molar-refractivity contribution in [3.8, 4) is 0 Å². The molecule has 6 nitrogen and oxygen atoms in total. The molecule has 2 N–H and O–H groups in total. The lowest BCUT2D eigenvalue weighted by atomic mass is 9.96. The standard InChI is InChI=1S/C18H25N5OS/c1-14-20-18(22-21-14)25-11-9-19-17(24)16-8-5-10-23(13-16)12-15-6-3-2-4-7-15/h2-4,6-7,16H,5,8-13H2,1H3,(H,19,24)(H,20,21,22)/t16-/m1/s1. The molecule has 1 aromatic heterocycles. The van der Waals surface area contributed by atoms with Crippen LogP contribution in [0.5, 0.6) is 0 Å². The predicted molar refractivity (Wildman–Crippen MR) is 99.3 cm³/mol. The lowest BCUT2D eigenvalue weighted by molar-refractivity contribution is -0.126. The first-order valence-corrected chi connectivity index (χ1v) is 9.75. The number of amides is 1. The van der Waals surface area contributed by atoms with Crippen LogP contribution < -0.4 is 5.32 Å². The van der Waals surface area contributed by atoms with Crippen LogP contribution in [0.4, 0.5) is 0 Å². The number of hydrogen-bond acceptors (Lipinski definition) is 5. The molecule has 1 fully saturated rings. The minimum atomic E-state index is 0.0909. The second-order valence-corrected chi connectivity index (χ2v) is 7.46. The lowest BCUT2D eigenvalue weighted by Gasteiger charge is -2.32. The summed E-state index contributed by atoms with van der Waals surface area (Å²) in [6.45, 7) is 5.35. The molecule has 1 saturated heterocycles. The maximum absolute atomic E-state index is 12.4. The van der Waals surface area contributed by atoms with Crippen LogP contribution in [0.25, 0.3) is 0 Å². The van der Waals surface area contributed by atoms with Gasteiger partial charge in [-0.1, -0.05) is 42.1 Å². The highest BCUT2D eigenvalue weighted by molar-refractivity contribution is 7.99. The van der Waals surface area contributed by atoms with Gasteiger partial charge in [0.1, 0.15) is 5.82 Å². The number of aryl methyl sites for hydroxylation is 1. The smallest absolute Gasteiger partial charge is 0.224 e. The maximum Gasteiger partial charge on any atom is 0.224 e. The van der Waals surface area contributed by atoms with Gasteiger partial charge in [-0.3, -0.25) is 14.8 Å². The highest BCUT2D eigenvalue weighted by Crippen LogP contribution is 2.19. The van der Waals surface area contributed by atoms with Gasteiger partial charge in [-0.15, -0.1) is 5.10 Å². The number of hydrogen-bond donors (Lipinski definition) is 2. The monoisotopic (exact) mass is 359 g/mol. The number of likely N-dealkylation sites (tertiary alicyclic amines) is 1. The molecule has 1 atom stereocenters. The molecule has 0 saturated carbocycles. The van der Waals surface area contributed by atoms with E-state index in [1.54, 1.807) is 11.8 Å². The number of carbonyl (C=O) groups excluding carboxylic acids is 1. The number of H-pyrrole nitrogens is 1. The fourth-order valence-corrected chi connectivity index (χ4v) is 3.80. The zero-order chi connectivity index (χ0) is 17.5. The number of rotatable bonds is 7. The molecule has 1 aliphatic rings. The number of piperidine rings is 1.